The van der Waals surface area contributed by atoms with Crippen LogP contribution in [0.4, 0.5) is 0 Å². The molecule has 2 nitrogen and oxygen atoms in total. The Morgan fingerprint density at radius 1 is 1.05 bits per heavy atom. The van der Waals surface area contributed by atoms with Crippen molar-refractivity contribution < 1.29 is 4.74 Å². The van der Waals surface area contributed by atoms with Gasteiger partial charge in [0.25, 0.3) is 0 Å². The van der Waals surface area contributed by atoms with E-state index in [1.54, 1.807) is 0 Å². The fourth-order valence-electron chi connectivity index (χ4n) is 2.31. The standard InChI is InChI=1S/C18H16ClNO/c1-2-13-6-5-8-16(10-13)21-18-17-9-4-3-7-14(17)11-15(12-19)20-18/h3-11H,2,12H2,1H3. The highest BCUT2D eigenvalue weighted by Gasteiger charge is 2.08. The molecular formula is C18H16ClNO. The molecule has 2 aromatic carbocycles. The van der Waals surface area contributed by atoms with Crippen LogP contribution in [0, 0.1) is 0 Å². The molecule has 0 aliphatic rings. The molecule has 0 amide bonds. The number of ether oxygens (including phenoxy) is 1. The molecule has 0 saturated carbocycles. The average Bonchev–Trinajstić information content (AvgIpc) is 2.55. The fraction of sp³-hybridized carbons (Fsp3) is 0.167. The van der Waals surface area contributed by atoms with Gasteiger partial charge in [0, 0.05) is 5.39 Å². The number of fused-ring (bicyclic) bond motifs is 1. The van der Waals surface area contributed by atoms with Crippen LogP contribution in [0.25, 0.3) is 10.8 Å². The number of benzene rings is 2. The first kappa shape index (κ1) is 13.9. The van der Waals surface area contributed by atoms with Crippen molar-refractivity contribution in [2.75, 3.05) is 0 Å². The van der Waals surface area contributed by atoms with Crippen LogP contribution in [0.1, 0.15) is 18.2 Å². The van der Waals surface area contributed by atoms with Crippen molar-refractivity contribution in [3.8, 4) is 11.6 Å². The molecule has 0 spiro atoms. The maximum atomic E-state index is 6.01. The maximum absolute atomic E-state index is 6.01. The summed E-state index contributed by atoms with van der Waals surface area (Å²) in [7, 11) is 0. The first-order valence-corrected chi connectivity index (χ1v) is 7.55. The minimum absolute atomic E-state index is 0.371. The lowest BCUT2D eigenvalue weighted by molar-refractivity contribution is 0.467. The number of pyridine rings is 1. The summed E-state index contributed by atoms with van der Waals surface area (Å²) in [5, 5.41) is 2.08. The Morgan fingerprint density at radius 3 is 2.71 bits per heavy atom. The van der Waals surface area contributed by atoms with Crippen molar-refractivity contribution in [2.45, 2.75) is 19.2 Å². The molecule has 0 N–H and O–H groups in total. The van der Waals surface area contributed by atoms with Gasteiger partial charge < -0.3 is 4.74 Å². The van der Waals surface area contributed by atoms with Crippen molar-refractivity contribution in [3.63, 3.8) is 0 Å². The molecule has 3 aromatic rings. The SMILES string of the molecule is CCc1cccc(Oc2nc(CCl)cc3ccccc23)c1. The van der Waals surface area contributed by atoms with E-state index in [4.69, 9.17) is 16.3 Å². The summed E-state index contributed by atoms with van der Waals surface area (Å²) in [4.78, 5) is 4.52. The van der Waals surface area contributed by atoms with Crippen molar-refractivity contribution in [1.29, 1.82) is 0 Å². The molecule has 0 atom stereocenters. The van der Waals surface area contributed by atoms with Crippen molar-refractivity contribution in [3.05, 3.63) is 65.9 Å². The lowest BCUT2D eigenvalue weighted by atomic mass is 10.1. The van der Waals surface area contributed by atoms with Crippen molar-refractivity contribution in [1.82, 2.24) is 4.98 Å². The fourth-order valence-corrected chi connectivity index (χ4v) is 2.44. The number of aromatic nitrogens is 1. The predicted octanol–water partition coefficient (Wildman–Crippen LogP) is 5.33. The number of alkyl halides is 1. The highest BCUT2D eigenvalue weighted by atomic mass is 35.5. The summed E-state index contributed by atoms with van der Waals surface area (Å²) in [5.74, 6) is 1.78. The largest absolute Gasteiger partial charge is 0.438 e. The zero-order chi connectivity index (χ0) is 14.7. The van der Waals surface area contributed by atoms with Crippen LogP contribution in [0.2, 0.25) is 0 Å². The van der Waals surface area contributed by atoms with Gasteiger partial charge in [-0.1, -0.05) is 37.3 Å². The van der Waals surface area contributed by atoms with Gasteiger partial charge in [0.1, 0.15) is 5.75 Å². The Morgan fingerprint density at radius 2 is 1.90 bits per heavy atom. The third kappa shape index (κ3) is 3.01. The molecule has 0 unspecified atom stereocenters. The zero-order valence-corrected chi connectivity index (χ0v) is 12.6. The Balaban J connectivity index is 2.06. The van der Waals surface area contributed by atoms with E-state index in [2.05, 4.69) is 18.0 Å². The maximum Gasteiger partial charge on any atom is 0.227 e. The third-order valence-electron chi connectivity index (χ3n) is 3.42. The second-order valence-corrected chi connectivity index (χ2v) is 5.14. The molecule has 0 aliphatic heterocycles. The molecular weight excluding hydrogens is 282 g/mol. The van der Waals surface area contributed by atoms with Crippen LogP contribution in [0.5, 0.6) is 11.6 Å². The topological polar surface area (TPSA) is 22.1 Å². The van der Waals surface area contributed by atoms with E-state index in [-0.39, 0.29) is 0 Å². The smallest absolute Gasteiger partial charge is 0.227 e. The highest BCUT2D eigenvalue weighted by molar-refractivity contribution is 6.17. The number of nitrogens with zero attached hydrogens (tertiary/aromatic N) is 1. The monoisotopic (exact) mass is 297 g/mol. The normalized spacial score (nSPS) is 10.8. The first-order chi connectivity index (χ1) is 10.3. The third-order valence-corrected chi connectivity index (χ3v) is 3.69. The minimum Gasteiger partial charge on any atom is -0.438 e. The van der Waals surface area contributed by atoms with E-state index in [1.165, 1.54) is 5.56 Å². The number of aryl methyl sites for hydroxylation is 1. The summed E-state index contributed by atoms with van der Waals surface area (Å²) in [6, 6.07) is 18.1. The van der Waals surface area contributed by atoms with Gasteiger partial charge in [-0.3, -0.25) is 0 Å². The number of hydrogen-bond acceptors (Lipinski definition) is 2. The summed E-state index contributed by atoms with van der Waals surface area (Å²) >= 11 is 5.93. The van der Waals surface area contributed by atoms with Crippen LogP contribution in [0.3, 0.4) is 0 Å². The lowest BCUT2D eigenvalue weighted by Gasteiger charge is -2.10. The van der Waals surface area contributed by atoms with E-state index >= 15 is 0 Å². The average molecular weight is 298 g/mol. The van der Waals surface area contributed by atoms with Crippen LogP contribution in [-0.4, -0.2) is 4.98 Å². The quantitative estimate of drug-likeness (QED) is 0.607. The van der Waals surface area contributed by atoms with E-state index in [1.807, 2.05) is 48.5 Å². The molecule has 3 rings (SSSR count). The molecule has 0 fully saturated rings. The minimum atomic E-state index is 0.371. The Labute approximate surface area is 129 Å². The van der Waals surface area contributed by atoms with Gasteiger partial charge in [0.05, 0.1) is 11.6 Å². The van der Waals surface area contributed by atoms with Crippen LogP contribution in [0.15, 0.2) is 54.6 Å². The zero-order valence-electron chi connectivity index (χ0n) is 11.8. The number of rotatable bonds is 4. The summed E-state index contributed by atoms with van der Waals surface area (Å²) in [6.45, 7) is 2.13. The number of hydrogen-bond donors (Lipinski definition) is 0. The van der Waals surface area contributed by atoms with Crippen LogP contribution < -0.4 is 4.74 Å². The molecule has 1 heterocycles. The molecule has 106 valence electrons. The van der Waals surface area contributed by atoms with E-state index in [0.29, 0.717) is 11.8 Å². The van der Waals surface area contributed by atoms with Gasteiger partial charge in [0.2, 0.25) is 5.88 Å². The van der Waals surface area contributed by atoms with Gasteiger partial charge in [0.15, 0.2) is 0 Å². The van der Waals surface area contributed by atoms with Gasteiger partial charge >= 0.3 is 0 Å². The molecule has 0 aliphatic carbocycles. The summed E-state index contributed by atoms with van der Waals surface area (Å²) in [5.41, 5.74) is 2.06. The van der Waals surface area contributed by atoms with Gasteiger partial charge in [-0.15, -0.1) is 11.6 Å². The van der Waals surface area contributed by atoms with Crippen LogP contribution in [-0.2, 0) is 12.3 Å². The van der Waals surface area contributed by atoms with Gasteiger partial charge in [-0.2, -0.15) is 0 Å². The summed E-state index contributed by atoms with van der Waals surface area (Å²) < 4.78 is 6.01. The first-order valence-electron chi connectivity index (χ1n) is 7.01. The lowest BCUT2D eigenvalue weighted by Crippen LogP contribution is -1.94. The molecule has 0 saturated heterocycles. The second-order valence-electron chi connectivity index (χ2n) is 4.88. The Hall–Kier alpha value is -2.06. The van der Waals surface area contributed by atoms with Gasteiger partial charge in [-0.05, 0) is 41.6 Å². The Kier molecular flexibility index (Phi) is 4.07. The summed E-state index contributed by atoms with van der Waals surface area (Å²) in [6.07, 6.45) is 0.979. The second kappa shape index (κ2) is 6.15. The van der Waals surface area contributed by atoms with E-state index in [0.717, 1.165) is 28.6 Å². The molecule has 1 aromatic heterocycles. The van der Waals surface area contributed by atoms with E-state index < -0.39 is 0 Å². The number of halogens is 1. The molecule has 3 heteroatoms. The molecule has 0 bridgehead atoms. The molecule has 21 heavy (non-hydrogen) atoms. The van der Waals surface area contributed by atoms with Crippen molar-refractivity contribution >= 4 is 22.4 Å². The van der Waals surface area contributed by atoms with Crippen LogP contribution >= 0.6 is 11.6 Å². The van der Waals surface area contributed by atoms with Crippen molar-refractivity contribution in [2.24, 2.45) is 0 Å². The van der Waals surface area contributed by atoms with Gasteiger partial charge in [-0.25, -0.2) is 4.98 Å². The Bertz CT molecular complexity index is 770. The highest BCUT2D eigenvalue weighted by Crippen LogP contribution is 2.29. The van der Waals surface area contributed by atoms with E-state index in [9.17, 15) is 0 Å². The molecule has 0 radical (unpaired) electrons. The predicted molar refractivity (Wildman–Crippen MR) is 87.2 cm³/mol.